The van der Waals surface area contributed by atoms with Crippen molar-refractivity contribution in [3.8, 4) is 0 Å². The summed E-state index contributed by atoms with van der Waals surface area (Å²) >= 11 is 0. The molecule has 0 radical (unpaired) electrons. The summed E-state index contributed by atoms with van der Waals surface area (Å²) in [5.41, 5.74) is 3.55. The number of ether oxygens (including phenoxy) is 1. The molecule has 1 saturated heterocycles. The maximum Gasteiger partial charge on any atom is 0.132 e. The van der Waals surface area contributed by atoms with E-state index in [0.29, 0.717) is 12.5 Å². The van der Waals surface area contributed by atoms with Gasteiger partial charge in [-0.1, -0.05) is 0 Å². The lowest BCUT2D eigenvalue weighted by Gasteiger charge is -2.24. The molecule has 3 rings (SSSR count). The maximum atomic E-state index is 5.47. The summed E-state index contributed by atoms with van der Waals surface area (Å²) in [6.07, 6.45) is 3.26. The topological polar surface area (TPSA) is 47.0 Å². The SMILES string of the molecule is Cc1nc(C2CCNCC2)nc2c1COCC2. The zero-order valence-corrected chi connectivity index (χ0v) is 10.3. The summed E-state index contributed by atoms with van der Waals surface area (Å²) in [5, 5.41) is 3.39. The number of aryl methyl sites for hydroxylation is 1. The lowest BCUT2D eigenvalue weighted by atomic mass is 9.96. The van der Waals surface area contributed by atoms with Crippen LogP contribution in [-0.2, 0) is 17.8 Å². The Hall–Kier alpha value is -1.00. The molecule has 3 heterocycles. The van der Waals surface area contributed by atoms with E-state index in [1.54, 1.807) is 0 Å². The van der Waals surface area contributed by atoms with Crippen molar-refractivity contribution in [1.29, 1.82) is 0 Å². The third kappa shape index (κ3) is 2.19. The van der Waals surface area contributed by atoms with Crippen LogP contribution in [0.1, 0.15) is 41.5 Å². The molecule has 2 aliphatic rings. The molecule has 0 amide bonds. The van der Waals surface area contributed by atoms with Gasteiger partial charge in [0.25, 0.3) is 0 Å². The molecular weight excluding hydrogens is 214 g/mol. The van der Waals surface area contributed by atoms with E-state index in [0.717, 1.165) is 50.5 Å². The molecule has 1 aromatic heterocycles. The molecule has 0 atom stereocenters. The first kappa shape index (κ1) is 11.1. The molecule has 0 spiro atoms. The molecule has 17 heavy (non-hydrogen) atoms. The molecule has 0 unspecified atom stereocenters. The normalized spacial score (nSPS) is 21.2. The molecule has 1 aromatic rings. The van der Waals surface area contributed by atoms with E-state index in [-0.39, 0.29) is 0 Å². The molecule has 92 valence electrons. The van der Waals surface area contributed by atoms with Crippen molar-refractivity contribution < 1.29 is 4.74 Å². The maximum absolute atomic E-state index is 5.47. The van der Waals surface area contributed by atoms with Crippen molar-refractivity contribution in [3.05, 3.63) is 22.8 Å². The molecule has 4 heteroatoms. The van der Waals surface area contributed by atoms with Crippen molar-refractivity contribution in [3.63, 3.8) is 0 Å². The Morgan fingerprint density at radius 3 is 2.88 bits per heavy atom. The zero-order chi connectivity index (χ0) is 11.7. The molecule has 2 aliphatic heterocycles. The van der Waals surface area contributed by atoms with Crippen LogP contribution in [0, 0.1) is 6.92 Å². The van der Waals surface area contributed by atoms with Crippen LogP contribution >= 0.6 is 0 Å². The van der Waals surface area contributed by atoms with Crippen LogP contribution in [-0.4, -0.2) is 29.7 Å². The van der Waals surface area contributed by atoms with Gasteiger partial charge in [-0.3, -0.25) is 0 Å². The van der Waals surface area contributed by atoms with Gasteiger partial charge in [-0.05, 0) is 32.9 Å². The van der Waals surface area contributed by atoms with Crippen molar-refractivity contribution in [2.24, 2.45) is 0 Å². The summed E-state index contributed by atoms with van der Waals surface area (Å²) in [6, 6.07) is 0. The number of nitrogens with one attached hydrogen (secondary N) is 1. The highest BCUT2D eigenvalue weighted by Crippen LogP contribution is 2.25. The number of rotatable bonds is 1. The fourth-order valence-electron chi connectivity index (χ4n) is 2.68. The van der Waals surface area contributed by atoms with Crippen LogP contribution in [0.3, 0.4) is 0 Å². The summed E-state index contributed by atoms with van der Waals surface area (Å²) < 4.78 is 5.47. The highest BCUT2D eigenvalue weighted by molar-refractivity contribution is 5.27. The van der Waals surface area contributed by atoms with Gasteiger partial charge < -0.3 is 10.1 Å². The van der Waals surface area contributed by atoms with Crippen LogP contribution in [0.15, 0.2) is 0 Å². The quantitative estimate of drug-likeness (QED) is 0.795. The average molecular weight is 233 g/mol. The van der Waals surface area contributed by atoms with Crippen molar-refractivity contribution in [1.82, 2.24) is 15.3 Å². The van der Waals surface area contributed by atoms with Crippen LogP contribution < -0.4 is 5.32 Å². The van der Waals surface area contributed by atoms with E-state index in [1.807, 2.05) is 0 Å². The molecule has 1 N–H and O–H groups in total. The van der Waals surface area contributed by atoms with Crippen molar-refractivity contribution in [2.45, 2.75) is 38.7 Å². The second-order valence-electron chi connectivity index (χ2n) is 4.92. The number of nitrogens with zero attached hydrogens (tertiary/aromatic N) is 2. The fraction of sp³-hybridized carbons (Fsp3) is 0.692. The highest BCUT2D eigenvalue weighted by Gasteiger charge is 2.22. The van der Waals surface area contributed by atoms with E-state index >= 15 is 0 Å². The molecule has 0 aromatic carbocycles. The first-order chi connectivity index (χ1) is 8.34. The predicted molar refractivity (Wildman–Crippen MR) is 65.0 cm³/mol. The van der Waals surface area contributed by atoms with Gasteiger partial charge in [-0.25, -0.2) is 9.97 Å². The van der Waals surface area contributed by atoms with Gasteiger partial charge in [0.05, 0.1) is 18.9 Å². The second kappa shape index (κ2) is 4.70. The molecule has 0 aliphatic carbocycles. The third-order valence-electron chi connectivity index (χ3n) is 3.75. The van der Waals surface area contributed by atoms with E-state index in [9.17, 15) is 0 Å². The lowest BCUT2D eigenvalue weighted by molar-refractivity contribution is 0.108. The van der Waals surface area contributed by atoms with Crippen molar-refractivity contribution >= 4 is 0 Å². The minimum absolute atomic E-state index is 0.545. The zero-order valence-electron chi connectivity index (χ0n) is 10.3. The van der Waals surface area contributed by atoms with Crippen LogP contribution in [0.2, 0.25) is 0 Å². The van der Waals surface area contributed by atoms with Crippen molar-refractivity contribution in [2.75, 3.05) is 19.7 Å². The van der Waals surface area contributed by atoms with Gasteiger partial charge >= 0.3 is 0 Å². The van der Waals surface area contributed by atoms with Gasteiger partial charge in [-0.15, -0.1) is 0 Å². The standard InChI is InChI=1S/C13H19N3O/c1-9-11-8-17-7-4-12(11)16-13(15-9)10-2-5-14-6-3-10/h10,14H,2-8H2,1H3. The van der Waals surface area contributed by atoms with E-state index < -0.39 is 0 Å². The van der Waals surface area contributed by atoms with Gasteiger partial charge in [0, 0.05) is 23.6 Å². The average Bonchev–Trinajstić information content (AvgIpc) is 2.40. The first-order valence-corrected chi connectivity index (χ1v) is 6.49. The first-order valence-electron chi connectivity index (χ1n) is 6.49. The Bertz CT molecular complexity index is 413. The number of fused-ring (bicyclic) bond motifs is 1. The van der Waals surface area contributed by atoms with Crippen LogP contribution in [0.4, 0.5) is 0 Å². The Morgan fingerprint density at radius 1 is 1.24 bits per heavy atom. The van der Waals surface area contributed by atoms with E-state index in [2.05, 4.69) is 12.2 Å². The number of hydrogen-bond acceptors (Lipinski definition) is 4. The predicted octanol–water partition coefficient (Wildman–Crippen LogP) is 1.32. The van der Waals surface area contributed by atoms with E-state index in [4.69, 9.17) is 14.7 Å². The third-order valence-corrected chi connectivity index (χ3v) is 3.75. The summed E-state index contributed by atoms with van der Waals surface area (Å²) in [4.78, 5) is 9.47. The summed E-state index contributed by atoms with van der Waals surface area (Å²) in [6.45, 7) is 5.75. The second-order valence-corrected chi connectivity index (χ2v) is 4.92. The smallest absolute Gasteiger partial charge is 0.132 e. The highest BCUT2D eigenvalue weighted by atomic mass is 16.5. The number of aromatic nitrogens is 2. The molecule has 0 bridgehead atoms. The Morgan fingerprint density at radius 2 is 2.06 bits per heavy atom. The largest absolute Gasteiger partial charge is 0.376 e. The Labute approximate surface area is 102 Å². The van der Waals surface area contributed by atoms with Crippen LogP contribution in [0.25, 0.3) is 0 Å². The summed E-state index contributed by atoms with van der Waals surface area (Å²) in [7, 11) is 0. The minimum atomic E-state index is 0.545. The monoisotopic (exact) mass is 233 g/mol. The van der Waals surface area contributed by atoms with Gasteiger partial charge in [0.2, 0.25) is 0 Å². The fourth-order valence-corrected chi connectivity index (χ4v) is 2.68. The summed E-state index contributed by atoms with van der Waals surface area (Å²) in [5.74, 6) is 1.60. The Kier molecular flexibility index (Phi) is 3.07. The van der Waals surface area contributed by atoms with E-state index in [1.165, 1.54) is 11.3 Å². The molecular formula is C13H19N3O. The van der Waals surface area contributed by atoms with Crippen LogP contribution in [0.5, 0.6) is 0 Å². The van der Waals surface area contributed by atoms with Gasteiger partial charge in [0.1, 0.15) is 5.82 Å². The Balaban J connectivity index is 1.92. The number of piperidine rings is 1. The molecule has 1 fully saturated rings. The lowest BCUT2D eigenvalue weighted by Crippen LogP contribution is -2.28. The molecule has 4 nitrogen and oxygen atoms in total. The van der Waals surface area contributed by atoms with Gasteiger partial charge in [0.15, 0.2) is 0 Å². The number of hydrogen-bond donors (Lipinski definition) is 1. The minimum Gasteiger partial charge on any atom is -0.376 e. The molecule has 0 saturated carbocycles. The van der Waals surface area contributed by atoms with Gasteiger partial charge in [-0.2, -0.15) is 0 Å².